The van der Waals surface area contributed by atoms with Crippen molar-refractivity contribution in [3.8, 4) is 0 Å². The number of ketones is 1. The normalized spacial score (nSPS) is 10.9. The van der Waals surface area contributed by atoms with Crippen LogP contribution in [-0.2, 0) is 6.54 Å². The number of anilines is 1. The van der Waals surface area contributed by atoms with Crippen molar-refractivity contribution in [1.29, 1.82) is 0 Å². The summed E-state index contributed by atoms with van der Waals surface area (Å²) >= 11 is 8.78. The Labute approximate surface area is 125 Å². The molecule has 0 aromatic carbocycles. The third-order valence-corrected chi connectivity index (χ3v) is 4.66. The molecule has 0 radical (unpaired) electrons. The fourth-order valence-electron chi connectivity index (χ4n) is 1.63. The van der Waals surface area contributed by atoms with Gasteiger partial charge in [-0.15, -0.1) is 34.3 Å². The molecule has 3 nitrogen and oxygen atoms in total. The Morgan fingerprint density at radius 2 is 2.26 bits per heavy atom. The lowest BCUT2D eigenvalue weighted by atomic mass is 10.3. The highest BCUT2D eigenvalue weighted by molar-refractivity contribution is 7.14. The van der Waals surface area contributed by atoms with Crippen LogP contribution in [0.1, 0.15) is 29.2 Å². The van der Waals surface area contributed by atoms with Gasteiger partial charge in [0, 0.05) is 16.3 Å². The Morgan fingerprint density at radius 1 is 1.47 bits per heavy atom. The first-order chi connectivity index (χ1) is 9.11. The smallest absolute Gasteiger partial charge is 0.196 e. The van der Waals surface area contributed by atoms with E-state index in [1.54, 1.807) is 16.7 Å². The summed E-state index contributed by atoms with van der Waals surface area (Å²) in [6, 6.07) is 4.48. The lowest BCUT2D eigenvalue weighted by molar-refractivity contribution is 0.101. The molecule has 0 aliphatic rings. The van der Waals surface area contributed by atoms with Crippen LogP contribution in [-0.4, -0.2) is 22.7 Å². The maximum Gasteiger partial charge on any atom is 0.196 e. The zero-order valence-corrected chi connectivity index (χ0v) is 13.2. The number of thiazole rings is 1. The van der Waals surface area contributed by atoms with Crippen LogP contribution >= 0.6 is 34.3 Å². The molecule has 0 atom stereocenters. The van der Waals surface area contributed by atoms with Crippen molar-refractivity contribution in [3.63, 3.8) is 0 Å². The maximum absolute atomic E-state index is 11.5. The van der Waals surface area contributed by atoms with Crippen molar-refractivity contribution in [1.82, 2.24) is 4.98 Å². The molecule has 19 heavy (non-hydrogen) atoms. The van der Waals surface area contributed by atoms with Crippen molar-refractivity contribution in [2.75, 3.05) is 10.8 Å². The van der Waals surface area contributed by atoms with Crippen LogP contribution < -0.4 is 4.90 Å². The molecule has 0 unspecified atom stereocenters. The van der Waals surface area contributed by atoms with Crippen LogP contribution in [0.4, 0.5) is 5.13 Å². The molecule has 0 amide bonds. The monoisotopic (exact) mass is 314 g/mol. The predicted molar refractivity (Wildman–Crippen MR) is 82.8 cm³/mol. The molecule has 6 heteroatoms. The second-order valence-electron chi connectivity index (χ2n) is 4.37. The van der Waals surface area contributed by atoms with Crippen LogP contribution in [0.3, 0.4) is 0 Å². The molecule has 0 bridgehead atoms. The highest BCUT2D eigenvalue weighted by Crippen LogP contribution is 2.26. The molecule has 0 saturated carbocycles. The van der Waals surface area contributed by atoms with Crippen molar-refractivity contribution in [2.24, 2.45) is 0 Å². The summed E-state index contributed by atoms with van der Waals surface area (Å²) in [5, 5.41) is 4.72. The molecule has 102 valence electrons. The fourth-order valence-corrected chi connectivity index (χ4v) is 3.44. The number of hydrogen-bond donors (Lipinski definition) is 0. The summed E-state index contributed by atoms with van der Waals surface area (Å²) in [7, 11) is 0. The van der Waals surface area contributed by atoms with E-state index in [2.05, 4.69) is 35.2 Å². The van der Waals surface area contributed by atoms with Gasteiger partial charge in [0.1, 0.15) is 5.69 Å². The van der Waals surface area contributed by atoms with E-state index >= 15 is 0 Å². The number of rotatable bonds is 6. The van der Waals surface area contributed by atoms with Gasteiger partial charge in [-0.1, -0.05) is 6.07 Å². The summed E-state index contributed by atoms with van der Waals surface area (Å²) in [5.41, 5.74) is 0.465. The minimum absolute atomic E-state index is 0.0181. The van der Waals surface area contributed by atoms with E-state index < -0.39 is 0 Å². The Kier molecular flexibility index (Phi) is 4.96. The predicted octanol–water partition coefficient (Wildman–Crippen LogP) is 4.04. The second-order valence-corrected chi connectivity index (χ2v) is 6.51. The Morgan fingerprint density at radius 3 is 2.84 bits per heavy atom. The number of nitrogens with zero attached hydrogens (tertiary/aromatic N) is 2. The molecule has 2 rings (SSSR count). The van der Waals surface area contributed by atoms with E-state index in [1.807, 2.05) is 6.07 Å². The lowest BCUT2D eigenvalue weighted by Crippen LogP contribution is -2.29. The van der Waals surface area contributed by atoms with Crippen LogP contribution in [0, 0.1) is 0 Å². The number of thiophene rings is 1. The molecule has 0 fully saturated rings. The summed E-state index contributed by atoms with van der Waals surface area (Å²) in [5.74, 6) is -0.139. The average molecular weight is 315 g/mol. The lowest BCUT2D eigenvalue weighted by Gasteiger charge is -2.25. The number of alkyl halides is 1. The number of halogens is 1. The Balaban J connectivity index is 2.19. The van der Waals surface area contributed by atoms with Gasteiger partial charge in [-0.2, -0.15) is 0 Å². The summed E-state index contributed by atoms with van der Waals surface area (Å²) < 4.78 is 0. The quantitative estimate of drug-likeness (QED) is 0.596. The van der Waals surface area contributed by atoms with Crippen molar-refractivity contribution < 1.29 is 4.79 Å². The number of aromatic nitrogens is 1. The number of carbonyl (C=O) groups excluding carboxylic acids is 1. The van der Waals surface area contributed by atoms with Gasteiger partial charge in [-0.3, -0.25) is 4.79 Å². The first kappa shape index (κ1) is 14.5. The van der Waals surface area contributed by atoms with E-state index in [1.165, 1.54) is 16.2 Å². The third kappa shape index (κ3) is 3.55. The zero-order valence-electron chi connectivity index (χ0n) is 10.8. The van der Waals surface area contributed by atoms with Crippen molar-refractivity contribution in [2.45, 2.75) is 26.4 Å². The molecule has 0 aliphatic carbocycles. The molecule has 2 aromatic heterocycles. The fraction of sp³-hybridized carbons (Fsp3) is 0.385. The minimum atomic E-state index is -0.121. The van der Waals surface area contributed by atoms with E-state index in [9.17, 15) is 4.79 Å². The molecular formula is C13H15ClN2OS2. The molecule has 2 heterocycles. The van der Waals surface area contributed by atoms with Crippen LogP contribution in [0.15, 0.2) is 22.9 Å². The molecule has 0 N–H and O–H groups in total. The minimum Gasteiger partial charge on any atom is -0.341 e. The molecular weight excluding hydrogens is 300 g/mol. The maximum atomic E-state index is 11.5. The van der Waals surface area contributed by atoms with Crippen molar-refractivity contribution in [3.05, 3.63) is 33.5 Å². The van der Waals surface area contributed by atoms with E-state index in [4.69, 9.17) is 11.6 Å². The summed E-state index contributed by atoms with van der Waals surface area (Å²) in [6.07, 6.45) is 0. The Hall–Kier alpha value is -0.910. The Bertz CT molecular complexity index is 537. The molecule has 0 spiro atoms. The van der Waals surface area contributed by atoms with Gasteiger partial charge in [0.2, 0.25) is 0 Å². The van der Waals surface area contributed by atoms with Gasteiger partial charge in [0.25, 0.3) is 0 Å². The highest BCUT2D eigenvalue weighted by atomic mass is 35.5. The first-order valence-electron chi connectivity index (χ1n) is 5.95. The summed E-state index contributed by atoms with van der Waals surface area (Å²) in [6.45, 7) is 5.06. The highest BCUT2D eigenvalue weighted by Gasteiger charge is 2.17. The SMILES string of the molecule is CC(C)N(Cc1cccs1)c1nc(C(=O)CCl)cs1. The van der Waals surface area contributed by atoms with E-state index in [0.29, 0.717) is 11.7 Å². The second kappa shape index (κ2) is 6.50. The number of hydrogen-bond acceptors (Lipinski definition) is 5. The van der Waals surface area contributed by atoms with E-state index in [0.717, 1.165) is 11.7 Å². The number of carbonyl (C=O) groups is 1. The third-order valence-electron chi connectivity index (χ3n) is 2.67. The largest absolute Gasteiger partial charge is 0.341 e. The first-order valence-corrected chi connectivity index (χ1v) is 8.25. The van der Waals surface area contributed by atoms with Gasteiger partial charge < -0.3 is 4.90 Å². The van der Waals surface area contributed by atoms with Gasteiger partial charge in [-0.25, -0.2) is 4.98 Å². The molecule has 0 aliphatic heterocycles. The van der Waals surface area contributed by atoms with Gasteiger partial charge in [0.15, 0.2) is 10.9 Å². The zero-order chi connectivity index (χ0) is 13.8. The summed E-state index contributed by atoms with van der Waals surface area (Å²) in [4.78, 5) is 19.4. The van der Waals surface area contributed by atoms with E-state index in [-0.39, 0.29) is 11.7 Å². The van der Waals surface area contributed by atoms with Crippen LogP contribution in [0.2, 0.25) is 0 Å². The van der Waals surface area contributed by atoms with Gasteiger partial charge >= 0.3 is 0 Å². The topological polar surface area (TPSA) is 33.2 Å². The number of Topliss-reactive ketones (excluding diaryl/α,β-unsaturated/α-hetero) is 1. The van der Waals surface area contributed by atoms with Crippen molar-refractivity contribution >= 4 is 45.2 Å². The van der Waals surface area contributed by atoms with Crippen LogP contribution in [0.25, 0.3) is 0 Å². The molecule has 0 saturated heterocycles. The molecule has 2 aromatic rings. The van der Waals surface area contributed by atoms with Gasteiger partial charge in [0.05, 0.1) is 12.4 Å². The van der Waals surface area contributed by atoms with Gasteiger partial charge in [-0.05, 0) is 25.3 Å². The van der Waals surface area contributed by atoms with Crippen LogP contribution in [0.5, 0.6) is 0 Å². The standard InChI is InChI=1S/C13H15ClN2OS2/c1-9(2)16(7-10-4-3-5-18-10)13-15-11(8-19-13)12(17)6-14/h3-5,8-9H,6-7H2,1-2H3. The average Bonchev–Trinajstić information content (AvgIpc) is 3.05.